The number of esters is 1. The molecule has 3 aromatic rings. The summed E-state index contributed by atoms with van der Waals surface area (Å²) in [6.07, 6.45) is 7.01. The number of hydrogen-bond acceptors (Lipinski definition) is 7. The predicted molar refractivity (Wildman–Crippen MR) is 136 cm³/mol. The van der Waals surface area contributed by atoms with Crippen LogP contribution in [0, 0.1) is 0 Å². The largest absolute Gasteiger partial charge is 0.465 e. The normalized spacial score (nSPS) is 13.6. The van der Waals surface area contributed by atoms with Crippen molar-refractivity contribution >= 4 is 40.0 Å². The van der Waals surface area contributed by atoms with Crippen LogP contribution in [0.2, 0.25) is 0 Å². The lowest BCUT2D eigenvalue weighted by Crippen LogP contribution is -2.17. The molecule has 1 aliphatic carbocycles. The maximum Gasteiger partial charge on any atom is 0.341 e. The Morgan fingerprint density at radius 3 is 2.62 bits per heavy atom. The number of thiophene rings is 1. The van der Waals surface area contributed by atoms with Crippen molar-refractivity contribution < 1.29 is 14.3 Å². The molecule has 2 heterocycles. The van der Waals surface area contributed by atoms with Gasteiger partial charge >= 0.3 is 5.97 Å². The Morgan fingerprint density at radius 1 is 1.12 bits per heavy atom. The van der Waals surface area contributed by atoms with Gasteiger partial charge in [-0.2, -0.15) is 0 Å². The predicted octanol–water partition coefficient (Wildman–Crippen LogP) is 5.13. The van der Waals surface area contributed by atoms with Crippen molar-refractivity contribution in [2.24, 2.45) is 0 Å². The Balaban J connectivity index is 1.45. The van der Waals surface area contributed by atoms with Gasteiger partial charge in [0.05, 0.1) is 18.4 Å². The molecule has 0 atom stereocenters. The number of nitrogens with zero attached hydrogens (tertiary/aromatic N) is 3. The number of carbonyl (C=O) groups is 2. The number of fused-ring (bicyclic) bond motifs is 1. The third-order valence-corrected chi connectivity index (χ3v) is 8.13. The first-order chi connectivity index (χ1) is 16.6. The van der Waals surface area contributed by atoms with E-state index in [0.29, 0.717) is 17.0 Å². The summed E-state index contributed by atoms with van der Waals surface area (Å²) >= 11 is 2.87. The lowest BCUT2D eigenvalue weighted by Gasteiger charge is -2.11. The Morgan fingerprint density at radius 2 is 1.88 bits per heavy atom. The molecule has 0 bridgehead atoms. The van der Waals surface area contributed by atoms with E-state index < -0.39 is 0 Å². The molecule has 0 radical (unpaired) electrons. The van der Waals surface area contributed by atoms with Gasteiger partial charge in [0.2, 0.25) is 5.91 Å². The fraction of sp³-hybridized carbons (Fsp3) is 0.440. The van der Waals surface area contributed by atoms with E-state index in [2.05, 4.69) is 27.6 Å². The second-order valence-electron chi connectivity index (χ2n) is 8.26. The van der Waals surface area contributed by atoms with E-state index in [1.807, 2.05) is 29.7 Å². The molecule has 34 heavy (non-hydrogen) atoms. The van der Waals surface area contributed by atoms with E-state index in [0.717, 1.165) is 48.8 Å². The van der Waals surface area contributed by atoms with Crippen LogP contribution in [-0.2, 0) is 35.3 Å². The first-order valence-electron chi connectivity index (χ1n) is 11.7. The number of nitrogens with one attached hydrogen (secondary N) is 1. The van der Waals surface area contributed by atoms with Crippen LogP contribution in [0.15, 0.2) is 35.5 Å². The molecule has 1 aliphatic rings. The Hall–Kier alpha value is -2.65. The van der Waals surface area contributed by atoms with Gasteiger partial charge in [-0.15, -0.1) is 21.5 Å². The van der Waals surface area contributed by atoms with E-state index >= 15 is 0 Å². The van der Waals surface area contributed by atoms with Crippen LogP contribution in [0.4, 0.5) is 5.00 Å². The summed E-state index contributed by atoms with van der Waals surface area (Å²) in [5.74, 6) is 0.520. The molecule has 0 fully saturated rings. The molecule has 9 heteroatoms. The SMILES string of the molecule is CCn1c(Cc2ccccc2)nnc1SCC(=O)Nc1sc2c(c1C(=O)OC)CCCCCC2. The number of aromatic nitrogens is 3. The Kier molecular flexibility index (Phi) is 8.39. The minimum absolute atomic E-state index is 0.167. The zero-order valence-electron chi connectivity index (χ0n) is 19.6. The highest BCUT2D eigenvalue weighted by molar-refractivity contribution is 7.99. The third kappa shape index (κ3) is 5.70. The highest BCUT2D eigenvalue weighted by Crippen LogP contribution is 2.37. The standard InChI is InChI=1S/C25H30N4O3S2/c1-3-29-20(15-17-11-7-6-8-12-17)27-28-25(29)33-16-21(30)26-23-22(24(31)32-2)18-13-9-4-5-10-14-19(18)34-23/h6-8,11-12H,3-5,9-10,13-16H2,1-2H3,(H,26,30). The van der Waals surface area contributed by atoms with Gasteiger partial charge in [0, 0.05) is 17.8 Å². The number of thioether (sulfide) groups is 1. The summed E-state index contributed by atoms with van der Waals surface area (Å²) in [6, 6.07) is 10.1. The first-order valence-corrected chi connectivity index (χ1v) is 13.5. The lowest BCUT2D eigenvalue weighted by atomic mass is 9.96. The number of anilines is 1. The monoisotopic (exact) mass is 498 g/mol. The van der Waals surface area contributed by atoms with Crippen LogP contribution < -0.4 is 5.32 Å². The van der Waals surface area contributed by atoms with Crippen molar-refractivity contribution in [2.45, 2.75) is 63.6 Å². The molecule has 0 saturated heterocycles. The van der Waals surface area contributed by atoms with Gasteiger partial charge in [0.25, 0.3) is 0 Å². The summed E-state index contributed by atoms with van der Waals surface area (Å²) < 4.78 is 7.10. The molecule has 0 aliphatic heterocycles. The van der Waals surface area contributed by atoms with Crippen molar-refractivity contribution in [3.8, 4) is 0 Å². The highest BCUT2D eigenvalue weighted by atomic mass is 32.2. The number of benzene rings is 1. The van der Waals surface area contributed by atoms with Gasteiger partial charge in [0.1, 0.15) is 10.8 Å². The molecule has 4 rings (SSSR count). The maximum absolute atomic E-state index is 12.9. The van der Waals surface area contributed by atoms with E-state index in [1.54, 1.807) is 0 Å². The van der Waals surface area contributed by atoms with E-state index in [-0.39, 0.29) is 17.6 Å². The highest BCUT2D eigenvalue weighted by Gasteiger charge is 2.26. The summed E-state index contributed by atoms with van der Waals surface area (Å²) in [5.41, 5.74) is 2.75. The molecular formula is C25H30N4O3S2. The second kappa shape index (κ2) is 11.7. The van der Waals surface area contributed by atoms with Gasteiger partial charge in [-0.3, -0.25) is 4.79 Å². The molecular weight excluding hydrogens is 468 g/mol. The molecule has 180 valence electrons. The summed E-state index contributed by atoms with van der Waals surface area (Å²) in [6.45, 7) is 2.77. The van der Waals surface area contributed by atoms with Crippen LogP contribution >= 0.6 is 23.1 Å². The molecule has 1 aromatic carbocycles. The molecule has 7 nitrogen and oxygen atoms in total. The number of amides is 1. The van der Waals surface area contributed by atoms with Gasteiger partial charge in [-0.1, -0.05) is 54.9 Å². The zero-order chi connectivity index (χ0) is 23.9. The van der Waals surface area contributed by atoms with Crippen LogP contribution in [0.25, 0.3) is 0 Å². The number of rotatable bonds is 8. The van der Waals surface area contributed by atoms with Crippen molar-refractivity contribution in [2.75, 3.05) is 18.2 Å². The van der Waals surface area contributed by atoms with E-state index in [1.165, 1.54) is 53.5 Å². The topological polar surface area (TPSA) is 86.1 Å². The Labute approximate surface area is 208 Å². The van der Waals surface area contributed by atoms with Gasteiger partial charge < -0.3 is 14.6 Å². The third-order valence-electron chi connectivity index (χ3n) is 5.96. The molecule has 1 N–H and O–H groups in total. The molecule has 0 unspecified atom stereocenters. The van der Waals surface area contributed by atoms with Gasteiger partial charge in [0.15, 0.2) is 5.16 Å². The first kappa shape index (κ1) is 24.5. The fourth-order valence-corrected chi connectivity index (χ4v) is 6.39. The van der Waals surface area contributed by atoms with E-state index in [4.69, 9.17) is 4.74 Å². The van der Waals surface area contributed by atoms with Gasteiger partial charge in [-0.25, -0.2) is 4.79 Å². The zero-order valence-corrected chi connectivity index (χ0v) is 21.3. The number of aryl methyl sites for hydroxylation is 1. The van der Waals surface area contributed by atoms with Gasteiger partial charge in [-0.05, 0) is 43.7 Å². The van der Waals surface area contributed by atoms with Crippen molar-refractivity contribution in [3.63, 3.8) is 0 Å². The second-order valence-corrected chi connectivity index (χ2v) is 10.3. The smallest absolute Gasteiger partial charge is 0.341 e. The minimum atomic E-state index is -0.377. The van der Waals surface area contributed by atoms with Crippen LogP contribution in [0.1, 0.15) is 64.8 Å². The number of methoxy groups -OCH3 is 1. The van der Waals surface area contributed by atoms with Crippen molar-refractivity contribution in [1.82, 2.24) is 14.8 Å². The molecule has 2 aromatic heterocycles. The average molecular weight is 499 g/mol. The van der Waals surface area contributed by atoms with Crippen LogP contribution in [0.5, 0.6) is 0 Å². The molecule has 0 spiro atoms. The number of ether oxygens (including phenoxy) is 1. The lowest BCUT2D eigenvalue weighted by molar-refractivity contribution is -0.113. The van der Waals surface area contributed by atoms with Crippen molar-refractivity contribution in [1.29, 1.82) is 0 Å². The molecule has 1 amide bonds. The summed E-state index contributed by atoms with van der Waals surface area (Å²) in [5, 5.41) is 13.0. The number of carbonyl (C=O) groups excluding carboxylic acids is 2. The fourth-order valence-electron chi connectivity index (χ4n) is 4.27. The van der Waals surface area contributed by atoms with Crippen LogP contribution in [0.3, 0.4) is 0 Å². The summed E-state index contributed by atoms with van der Waals surface area (Å²) in [7, 11) is 1.39. The van der Waals surface area contributed by atoms with Crippen molar-refractivity contribution in [3.05, 3.63) is 57.7 Å². The minimum Gasteiger partial charge on any atom is -0.465 e. The average Bonchev–Trinajstić information content (AvgIpc) is 3.37. The quantitative estimate of drug-likeness (QED) is 0.342. The number of hydrogen-bond donors (Lipinski definition) is 1. The maximum atomic E-state index is 12.9. The summed E-state index contributed by atoms with van der Waals surface area (Å²) in [4.78, 5) is 26.6. The molecule has 0 saturated carbocycles. The Bertz CT molecular complexity index is 1140. The van der Waals surface area contributed by atoms with Crippen LogP contribution in [-0.4, -0.2) is 39.5 Å². The van der Waals surface area contributed by atoms with E-state index in [9.17, 15) is 9.59 Å².